The Morgan fingerprint density at radius 1 is 0.967 bits per heavy atom. The summed E-state index contributed by atoms with van der Waals surface area (Å²) in [4.78, 5) is 11.6. The molecule has 5 nitrogen and oxygen atoms in total. The first-order valence-corrected chi connectivity index (χ1v) is 9.97. The van der Waals surface area contributed by atoms with Crippen molar-refractivity contribution in [2.45, 2.75) is 6.92 Å². The van der Waals surface area contributed by atoms with Gasteiger partial charge < -0.3 is 20.1 Å². The molecule has 0 saturated carbocycles. The summed E-state index contributed by atoms with van der Waals surface area (Å²) in [5, 5.41) is 29.2. The minimum atomic E-state index is -0.999. The summed E-state index contributed by atoms with van der Waals surface area (Å²) in [6, 6.07) is 17.5. The van der Waals surface area contributed by atoms with Crippen molar-refractivity contribution in [2.75, 3.05) is 0 Å². The van der Waals surface area contributed by atoms with Gasteiger partial charge in [-0.3, -0.25) is 0 Å². The first-order valence-electron chi connectivity index (χ1n) is 9.15. The number of hydrogen-bond donors (Lipinski definition) is 3. The van der Waals surface area contributed by atoms with Crippen molar-refractivity contribution >= 4 is 33.5 Å². The molecule has 0 bridgehead atoms. The lowest BCUT2D eigenvalue weighted by molar-refractivity contribution is -0.131. The summed E-state index contributed by atoms with van der Waals surface area (Å²) >= 11 is 1.49. The molecule has 0 aliphatic carbocycles. The Morgan fingerprint density at radius 2 is 1.70 bits per heavy atom. The monoisotopic (exact) mass is 418 g/mol. The molecule has 30 heavy (non-hydrogen) atoms. The Bertz CT molecular complexity index is 1270. The van der Waals surface area contributed by atoms with Gasteiger partial charge in [0.1, 0.15) is 17.2 Å². The fourth-order valence-electron chi connectivity index (χ4n) is 3.14. The minimum absolute atomic E-state index is 0.179. The van der Waals surface area contributed by atoms with Crippen LogP contribution in [0.4, 0.5) is 0 Å². The fourth-order valence-corrected chi connectivity index (χ4v) is 4.31. The van der Waals surface area contributed by atoms with E-state index in [1.807, 2.05) is 37.3 Å². The summed E-state index contributed by atoms with van der Waals surface area (Å²) in [7, 11) is 0. The quantitative estimate of drug-likeness (QED) is 0.337. The second kappa shape index (κ2) is 7.93. The summed E-state index contributed by atoms with van der Waals surface area (Å²) in [5.41, 5.74) is 2.57. The number of ether oxygens (including phenoxy) is 1. The SMILES string of the molecule is Cc1cc(Oc2c(-c3ccc(O)cc3)sc3cc(O)ccc23)ccc1/C=C/C(=O)O. The third kappa shape index (κ3) is 3.99. The number of hydrogen-bond acceptors (Lipinski definition) is 5. The van der Waals surface area contributed by atoms with Crippen LogP contribution in [0.1, 0.15) is 11.1 Å². The molecule has 1 aromatic heterocycles. The zero-order chi connectivity index (χ0) is 21.3. The van der Waals surface area contributed by atoms with Crippen molar-refractivity contribution in [3.63, 3.8) is 0 Å². The average molecular weight is 418 g/mol. The number of rotatable bonds is 5. The third-order valence-electron chi connectivity index (χ3n) is 4.62. The molecule has 0 amide bonds. The van der Waals surface area contributed by atoms with Crippen LogP contribution in [0.5, 0.6) is 23.0 Å². The van der Waals surface area contributed by atoms with Crippen LogP contribution in [0.25, 0.3) is 26.6 Å². The summed E-state index contributed by atoms with van der Waals surface area (Å²) < 4.78 is 7.15. The number of carbonyl (C=O) groups is 1. The number of aryl methyl sites for hydroxylation is 1. The van der Waals surface area contributed by atoms with Crippen LogP contribution in [-0.2, 0) is 4.79 Å². The van der Waals surface area contributed by atoms with E-state index in [0.29, 0.717) is 11.5 Å². The summed E-state index contributed by atoms with van der Waals surface area (Å²) in [6.07, 6.45) is 2.65. The number of phenols is 2. The number of aliphatic carboxylic acids is 1. The van der Waals surface area contributed by atoms with Crippen LogP contribution < -0.4 is 4.74 Å². The van der Waals surface area contributed by atoms with E-state index in [4.69, 9.17) is 9.84 Å². The van der Waals surface area contributed by atoms with Crippen molar-refractivity contribution < 1.29 is 24.9 Å². The number of carboxylic acids is 1. The van der Waals surface area contributed by atoms with Gasteiger partial charge in [0.15, 0.2) is 5.75 Å². The van der Waals surface area contributed by atoms with E-state index in [-0.39, 0.29) is 11.5 Å². The number of carboxylic acid groups (broad SMARTS) is 1. The third-order valence-corrected chi connectivity index (χ3v) is 5.81. The van der Waals surface area contributed by atoms with E-state index in [1.165, 1.54) is 11.3 Å². The summed E-state index contributed by atoms with van der Waals surface area (Å²) in [5.74, 6) is 0.640. The Hall–Kier alpha value is -3.77. The van der Waals surface area contributed by atoms with Gasteiger partial charge in [0, 0.05) is 16.2 Å². The molecule has 4 aromatic rings. The van der Waals surface area contributed by atoms with E-state index in [9.17, 15) is 15.0 Å². The maximum absolute atomic E-state index is 10.8. The van der Waals surface area contributed by atoms with Gasteiger partial charge in [-0.05, 0) is 84.3 Å². The zero-order valence-electron chi connectivity index (χ0n) is 16.0. The minimum Gasteiger partial charge on any atom is -0.508 e. The van der Waals surface area contributed by atoms with Gasteiger partial charge in [-0.1, -0.05) is 6.07 Å². The molecule has 0 atom stereocenters. The molecule has 4 rings (SSSR count). The van der Waals surface area contributed by atoms with Crippen LogP contribution in [-0.4, -0.2) is 21.3 Å². The van der Waals surface area contributed by atoms with E-state index < -0.39 is 5.97 Å². The highest BCUT2D eigenvalue weighted by Gasteiger charge is 2.17. The molecular formula is C24H18O5S. The lowest BCUT2D eigenvalue weighted by atomic mass is 10.1. The Kier molecular flexibility index (Phi) is 5.16. The molecule has 0 radical (unpaired) electrons. The molecule has 0 unspecified atom stereocenters. The molecule has 0 aliphatic heterocycles. The zero-order valence-corrected chi connectivity index (χ0v) is 16.8. The molecule has 1 heterocycles. The van der Waals surface area contributed by atoms with E-state index in [2.05, 4.69) is 0 Å². The molecule has 0 spiro atoms. The fraction of sp³-hybridized carbons (Fsp3) is 0.0417. The van der Waals surface area contributed by atoms with Crippen LogP contribution >= 0.6 is 11.3 Å². The standard InChI is InChI=1S/C24H18O5S/c1-14-12-19(9-4-15(14)5-11-22(27)28)29-23-20-10-8-18(26)13-21(20)30-24(23)16-2-6-17(25)7-3-16/h2-13,25-26H,1H3,(H,27,28)/b11-5+. The van der Waals surface area contributed by atoms with Crippen molar-refractivity contribution in [3.05, 3.63) is 77.9 Å². The van der Waals surface area contributed by atoms with Gasteiger partial charge in [0.05, 0.1) is 4.88 Å². The normalized spacial score (nSPS) is 11.2. The van der Waals surface area contributed by atoms with Crippen molar-refractivity contribution in [2.24, 2.45) is 0 Å². The number of aromatic hydroxyl groups is 2. The predicted molar refractivity (Wildman–Crippen MR) is 119 cm³/mol. The molecule has 150 valence electrons. The predicted octanol–water partition coefficient (Wildman–Crippen LogP) is 6.18. The van der Waals surface area contributed by atoms with Crippen LogP contribution in [0.3, 0.4) is 0 Å². The summed E-state index contributed by atoms with van der Waals surface area (Å²) in [6.45, 7) is 1.89. The van der Waals surface area contributed by atoms with Crippen LogP contribution in [0.15, 0.2) is 66.7 Å². The second-order valence-electron chi connectivity index (χ2n) is 6.78. The second-order valence-corrected chi connectivity index (χ2v) is 7.83. The van der Waals surface area contributed by atoms with E-state index >= 15 is 0 Å². The van der Waals surface area contributed by atoms with Crippen LogP contribution in [0.2, 0.25) is 0 Å². The first-order chi connectivity index (χ1) is 14.4. The lowest BCUT2D eigenvalue weighted by Gasteiger charge is -2.10. The van der Waals surface area contributed by atoms with Gasteiger partial charge in [-0.25, -0.2) is 4.79 Å². The number of thiophene rings is 1. The van der Waals surface area contributed by atoms with Crippen molar-refractivity contribution in [3.8, 4) is 33.4 Å². The molecule has 0 fully saturated rings. The smallest absolute Gasteiger partial charge is 0.328 e. The number of fused-ring (bicyclic) bond motifs is 1. The molecule has 3 N–H and O–H groups in total. The Balaban J connectivity index is 1.78. The van der Waals surface area contributed by atoms with E-state index in [1.54, 1.807) is 36.4 Å². The average Bonchev–Trinajstić information content (AvgIpc) is 3.05. The topological polar surface area (TPSA) is 87.0 Å². The van der Waals surface area contributed by atoms with Gasteiger partial charge in [-0.15, -0.1) is 11.3 Å². The molecule has 0 aliphatic rings. The Labute approximate surface area is 176 Å². The highest BCUT2D eigenvalue weighted by Crippen LogP contribution is 2.47. The van der Waals surface area contributed by atoms with Gasteiger partial charge in [-0.2, -0.15) is 0 Å². The first kappa shape index (κ1) is 19.5. The van der Waals surface area contributed by atoms with Gasteiger partial charge in [0.2, 0.25) is 0 Å². The molecular weight excluding hydrogens is 400 g/mol. The Morgan fingerprint density at radius 3 is 2.40 bits per heavy atom. The molecule has 6 heteroatoms. The van der Waals surface area contributed by atoms with Crippen LogP contribution in [0, 0.1) is 6.92 Å². The van der Waals surface area contributed by atoms with Gasteiger partial charge >= 0.3 is 5.97 Å². The van der Waals surface area contributed by atoms with E-state index in [0.717, 1.165) is 37.7 Å². The molecule has 3 aromatic carbocycles. The maximum Gasteiger partial charge on any atom is 0.328 e. The van der Waals surface area contributed by atoms with Crippen molar-refractivity contribution in [1.82, 2.24) is 0 Å². The maximum atomic E-state index is 10.8. The lowest BCUT2D eigenvalue weighted by Crippen LogP contribution is -1.90. The largest absolute Gasteiger partial charge is 0.508 e. The highest BCUT2D eigenvalue weighted by molar-refractivity contribution is 7.22. The molecule has 0 saturated heterocycles. The number of phenolic OH excluding ortho intramolecular Hbond substituents is 2. The van der Waals surface area contributed by atoms with Gasteiger partial charge in [0.25, 0.3) is 0 Å². The number of benzene rings is 3. The highest BCUT2D eigenvalue weighted by atomic mass is 32.1. The van der Waals surface area contributed by atoms with Crippen molar-refractivity contribution in [1.29, 1.82) is 0 Å².